The average Bonchev–Trinajstić information content (AvgIpc) is 2.56. The van der Waals surface area contributed by atoms with E-state index >= 15 is 0 Å². The molecule has 0 spiro atoms. The third-order valence-corrected chi connectivity index (χ3v) is 5.26. The second kappa shape index (κ2) is 4.38. The summed E-state index contributed by atoms with van der Waals surface area (Å²) in [5.74, 6) is 1.40. The van der Waals surface area contributed by atoms with Gasteiger partial charge in [-0.2, -0.15) is 0 Å². The highest BCUT2D eigenvalue weighted by Crippen LogP contribution is 2.42. The monoisotopic (exact) mass is 406 g/mol. The van der Waals surface area contributed by atoms with Gasteiger partial charge in [-0.25, -0.2) is 9.97 Å². The lowest BCUT2D eigenvalue weighted by molar-refractivity contribution is 0.227. The van der Waals surface area contributed by atoms with Crippen LogP contribution in [0.25, 0.3) is 11.0 Å². The predicted octanol–water partition coefficient (Wildman–Crippen LogP) is 3.16. The van der Waals surface area contributed by atoms with E-state index in [0.717, 1.165) is 21.4 Å². The van der Waals surface area contributed by atoms with Crippen molar-refractivity contribution in [1.29, 1.82) is 0 Å². The molecule has 0 aromatic carbocycles. The van der Waals surface area contributed by atoms with Gasteiger partial charge in [0, 0.05) is 21.1 Å². The van der Waals surface area contributed by atoms with Crippen molar-refractivity contribution < 1.29 is 0 Å². The highest BCUT2D eigenvalue weighted by atomic mass is 127. The maximum atomic E-state index is 5.89. The molecule has 1 saturated carbocycles. The minimum Gasteiger partial charge on any atom is -0.383 e. The van der Waals surface area contributed by atoms with Crippen molar-refractivity contribution in [2.24, 2.45) is 5.92 Å². The first kappa shape index (κ1) is 11.7. The van der Waals surface area contributed by atoms with Gasteiger partial charge < -0.3 is 10.3 Å². The number of aromatic nitrogens is 3. The molecule has 2 aromatic heterocycles. The van der Waals surface area contributed by atoms with E-state index in [1.165, 1.54) is 23.6 Å². The Morgan fingerprint density at radius 2 is 2.24 bits per heavy atom. The minimum atomic E-state index is 0.547. The van der Waals surface area contributed by atoms with E-state index in [2.05, 4.69) is 59.3 Å². The molecule has 3 rings (SSSR count). The molecular weight excluding hydrogens is 395 g/mol. The molecule has 2 aromatic rings. The van der Waals surface area contributed by atoms with Crippen LogP contribution in [0.3, 0.4) is 0 Å². The summed E-state index contributed by atoms with van der Waals surface area (Å²) < 4.78 is 4.47. The maximum absolute atomic E-state index is 5.89. The normalized spacial score (nSPS) is 23.9. The third-order valence-electron chi connectivity index (χ3n) is 3.41. The van der Waals surface area contributed by atoms with Crippen LogP contribution in [0, 0.1) is 5.92 Å². The SMILES string of the molecule is Nc1ncnc2c1c(Br)cn2C1CC(CI)C1. The van der Waals surface area contributed by atoms with Gasteiger partial charge in [0.25, 0.3) is 0 Å². The van der Waals surface area contributed by atoms with Gasteiger partial charge >= 0.3 is 0 Å². The van der Waals surface area contributed by atoms with E-state index in [9.17, 15) is 0 Å². The van der Waals surface area contributed by atoms with Crippen molar-refractivity contribution in [2.45, 2.75) is 18.9 Å². The van der Waals surface area contributed by atoms with Gasteiger partial charge in [0.05, 0.1) is 5.39 Å². The van der Waals surface area contributed by atoms with Crippen LogP contribution in [0.4, 0.5) is 5.82 Å². The Hall–Kier alpha value is -0.370. The van der Waals surface area contributed by atoms with Crippen LogP contribution < -0.4 is 5.73 Å². The Morgan fingerprint density at radius 3 is 2.94 bits per heavy atom. The lowest BCUT2D eigenvalue weighted by Crippen LogP contribution is -2.27. The smallest absolute Gasteiger partial charge is 0.146 e. The lowest BCUT2D eigenvalue weighted by atomic mass is 9.82. The van der Waals surface area contributed by atoms with Crippen molar-refractivity contribution >= 4 is 55.4 Å². The number of hydrogen-bond donors (Lipinski definition) is 1. The Balaban J connectivity index is 2.04. The number of hydrogen-bond acceptors (Lipinski definition) is 3. The largest absolute Gasteiger partial charge is 0.383 e. The summed E-state index contributed by atoms with van der Waals surface area (Å²) in [7, 11) is 0. The molecule has 0 atom stereocenters. The zero-order valence-electron chi connectivity index (χ0n) is 9.11. The fraction of sp³-hybridized carbons (Fsp3) is 0.455. The molecule has 2 heterocycles. The van der Waals surface area contributed by atoms with Crippen LogP contribution in [0.1, 0.15) is 18.9 Å². The third kappa shape index (κ3) is 1.85. The number of nitrogens with two attached hydrogens (primary N) is 1. The first-order chi connectivity index (χ1) is 8.20. The first-order valence-corrected chi connectivity index (χ1v) is 7.85. The molecule has 1 aliphatic rings. The topological polar surface area (TPSA) is 56.7 Å². The summed E-state index contributed by atoms with van der Waals surface area (Å²) in [6.07, 6.45) is 6.10. The molecule has 90 valence electrons. The minimum absolute atomic E-state index is 0.547. The zero-order chi connectivity index (χ0) is 12.0. The molecule has 6 heteroatoms. The van der Waals surface area contributed by atoms with Crippen molar-refractivity contribution in [3.63, 3.8) is 0 Å². The first-order valence-electron chi connectivity index (χ1n) is 5.53. The zero-order valence-corrected chi connectivity index (χ0v) is 12.8. The second-order valence-electron chi connectivity index (χ2n) is 4.49. The summed E-state index contributed by atoms with van der Waals surface area (Å²) >= 11 is 6.00. The van der Waals surface area contributed by atoms with Crippen molar-refractivity contribution in [1.82, 2.24) is 14.5 Å². The van der Waals surface area contributed by atoms with E-state index in [1.807, 2.05) is 0 Å². The summed E-state index contributed by atoms with van der Waals surface area (Å²) in [4.78, 5) is 8.39. The molecule has 17 heavy (non-hydrogen) atoms. The Morgan fingerprint density at radius 1 is 1.47 bits per heavy atom. The molecule has 0 saturated heterocycles. The number of alkyl halides is 1. The van der Waals surface area contributed by atoms with E-state index in [4.69, 9.17) is 5.73 Å². The van der Waals surface area contributed by atoms with Gasteiger partial charge in [-0.15, -0.1) is 0 Å². The standard InChI is InChI=1S/C11H12BrIN4/c12-8-4-17(7-1-6(2-7)3-13)11-9(8)10(14)15-5-16-11/h4-7H,1-3H2,(H2,14,15,16). The van der Waals surface area contributed by atoms with E-state index in [0.29, 0.717) is 11.9 Å². The lowest BCUT2D eigenvalue weighted by Gasteiger charge is -2.35. The number of fused-ring (bicyclic) bond motifs is 1. The summed E-state index contributed by atoms with van der Waals surface area (Å²) in [5, 5.41) is 0.936. The molecule has 0 amide bonds. The second-order valence-corrected chi connectivity index (χ2v) is 6.22. The highest BCUT2D eigenvalue weighted by molar-refractivity contribution is 14.1. The number of nitrogen functional groups attached to an aromatic ring is 1. The molecule has 1 fully saturated rings. The molecule has 0 bridgehead atoms. The number of nitrogens with zero attached hydrogens (tertiary/aromatic N) is 3. The Labute approximate surface area is 121 Å². The highest BCUT2D eigenvalue weighted by Gasteiger charge is 2.31. The van der Waals surface area contributed by atoms with Gasteiger partial charge in [-0.05, 0) is 34.7 Å². The summed E-state index contributed by atoms with van der Waals surface area (Å²) in [6, 6.07) is 0.567. The van der Waals surface area contributed by atoms with Crippen molar-refractivity contribution in [3.05, 3.63) is 17.0 Å². The fourth-order valence-electron chi connectivity index (χ4n) is 2.39. The molecule has 4 nitrogen and oxygen atoms in total. The molecule has 0 radical (unpaired) electrons. The molecule has 0 unspecified atom stereocenters. The van der Waals surface area contributed by atoms with Gasteiger partial charge in [0.2, 0.25) is 0 Å². The number of halogens is 2. The van der Waals surface area contributed by atoms with Crippen LogP contribution in [0.2, 0.25) is 0 Å². The van der Waals surface area contributed by atoms with Gasteiger partial charge in [-0.1, -0.05) is 22.6 Å². The maximum Gasteiger partial charge on any atom is 0.146 e. The number of anilines is 1. The van der Waals surface area contributed by atoms with Gasteiger partial charge in [-0.3, -0.25) is 0 Å². The summed E-state index contributed by atoms with van der Waals surface area (Å²) in [5.41, 5.74) is 6.83. The van der Waals surface area contributed by atoms with E-state index in [-0.39, 0.29) is 0 Å². The van der Waals surface area contributed by atoms with Crippen LogP contribution in [-0.4, -0.2) is 19.0 Å². The summed E-state index contributed by atoms with van der Waals surface area (Å²) in [6.45, 7) is 0. The molecule has 2 N–H and O–H groups in total. The van der Waals surface area contributed by atoms with Crippen molar-refractivity contribution in [2.75, 3.05) is 10.2 Å². The Bertz CT molecular complexity index is 562. The van der Waals surface area contributed by atoms with Crippen LogP contribution >= 0.6 is 38.5 Å². The Kier molecular flexibility index (Phi) is 3.02. The molecule has 0 aliphatic heterocycles. The quantitative estimate of drug-likeness (QED) is 0.615. The molecule has 1 aliphatic carbocycles. The van der Waals surface area contributed by atoms with Gasteiger partial charge in [0.15, 0.2) is 0 Å². The van der Waals surface area contributed by atoms with Crippen LogP contribution in [0.15, 0.2) is 17.0 Å². The molecular formula is C11H12BrIN4. The predicted molar refractivity (Wildman–Crippen MR) is 80.3 cm³/mol. The van der Waals surface area contributed by atoms with Crippen molar-refractivity contribution in [3.8, 4) is 0 Å². The fourth-order valence-corrected chi connectivity index (χ4v) is 3.71. The van der Waals surface area contributed by atoms with E-state index < -0.39 is 0 Å². The van der Waals surface area contributed by atoms with Crippen LogP contribution in [-0.2, 0) is 0 Å². The van der Waals surface area contributed by atoms with Gasteiger partial charge in [0.1, 0.15) is 17.8 Å². The van der Waals surface area contributed by atoms with Crippen LogP contribution in [0.5, 0.6) is 0 Å². The number of rotatable bonds is 2. The van der Waals surface area contributed by atoms with E-state index in [1.54, 1.807) is 0 Å². The average molecular weight is 407 g/mol.